The van der Waals surface area contributed by atoms with Crippen molar-refractivity contribution in [2.24, 2.45) is 5.92 Å². The highest BCUT2D eigenvalue weighted by atomic mass is 28.4. The first-order valence-corrected chi connectivity index (χ1v) is 8.84. The molecule has 0 aromatic rings. The molecule has 0 aliphatic heterocycles. The van der Waals surface area contributed by atoms with Gasteiger partial charge in [0.25, 0.3) is 0 Å². The lowest BCUT2D eigenvalue weighted by Gasteiger charge is -2.39. The van der Waals surface area contributed by atoms with Crippen molar-refractivity contribution in [1.29, 1.82) is 0 Å². The van der Waals surface area contributed by atoms with Crippen LogP contribution >= 0.6 is 0 Å². The molecule has 4 heteroatoms. The van der Waals surface area contributed by atoms with Gasteiger partial charge in [0.1, 0.15) is 6.10 Å². The number of carboxylic acids is 1. The van der Waals surface area contributed by atoms with Crippen LogP contribution < -0.4 is 0 Å². The first-order valence-electron chi connectivity index (χ1n) is 5.93. The molecule has 3 nitrogen and oxygen atoms in total. The third-order valence-electron chi connectivity index (χ3n) is 3.63. The van der Waals surface area contributed by atoms with E-state index in [1.54, 1.807) is 0 Å². The summed E-state index contributed by atoms with van der Waals surface area (Å²) in [7, 11) is -1.99. The lowest BCUT2D eigenvalue weighted by molar-refractivity contribution is -0.148. The number of carboxylic acid groups (broad SMARTS) is 1. The van der Waals surface area contributed by atoms with Crippen LogP contribution in [0.2, 0.25) is 18.1 Å². The summed E-state index contributed by atoms with van der Waals surface area (Å²) in [6, 6.07) is 0. The topological polar surface area (TPSA) is 46.5 Å². The third kappa shape index (κ3) is 3.90. The van der Waals surface area contributed by atoms with Crippen LogP contribution in [0.25, 0.3) is 0 Å². The standard InChI is InChI=1S/C12H26O3Si/c1-8-9(2)10(11(13)14)15-16(6,7)12(3,4)5/h9-10H,8H2,1-7H3,(H,13,14)/t9-,10-/m0/s1. The Balaban J connectivity index is 4.83. The Morgan fingerprint density at radius 2 is 1.81 bits per heavy atom. The molecule has 0 rings (SSSR count). The highest BCUT2D eigenvalue weighted by Crippen LogP contribution is 2.38. The molecule has 0 amide bonds. The van der Waals surface area contributed by atoms with Crippen LogP contribution in [0.5, 0.6) is 0 Å². The van der Waals surface area contributed by atoms with Crippen molar-refractivity contribution in [3.05, 3.63) is 0 Å². The van der Waals surface area contributed by atoms with E-state index in [1.807, 2.05) is 13.8 Å². The van der Waals surface area contributed by atoms with Crippen molar-refractivity contribution in [1.82, 2.24) is 0 Å². The summed E-state index contributed by atoms with van der Waals surface area (Å²) in [6.07, 6.45) is 0.164. The van der Waals surface area contributed by atoms with Crippen LogP contribution in [0, 0.1) is 5.92 Å². The molecule has 0 aliphatic rings. The van der Waals surface area contributed by atoms with Gasteiger partial charge >= 0.3 is 5.97 Å². The molecule has 0 saturated carbocycles. The van der Waals surface area contributed by atoms with E-state index in [2.05, 4.69) is 33.9 Å². The van der Waals surface area contributed by atoms with Crippen LogP contribution in [0.15, 0.2) is 0 Å². The van der Waals surface area contributed by atoms with Crippen molar-refractivity contribution < 1.29 is 14.3 Å². The minimum Gasteiger partial charge on any atom is -0.479 e. The van der Waals surface area contributed by atoms with Crippen molar-refractivity contribution in [2.75, 3.05) is 0 Å². The third-order valence-corrected chi connectivity index (χ3v) is 8.09. The summed E-state index contributed by atoms with van der Waals surface area (Å²) in [5, 5.41) is 9.25. The quantitative estimate of drug-likeness (QED) is 0.755. The molecule has 0 aromatic heterocycles. The summed E-state index contributed by atoms with van der Waals surface area (Å²) in [5.41, 5.74) is 0. The lowest BCUT2D eigenvalue weighted by atomic mass is 10.0. The molecule has 0 bridgehead atoms. The Hall–Kier alpha value is -0.353. The summed E-state index contributed by atoms with van der Waals surface area (Å²) in [4.78, 5) is 11.2. The van der Waals surface area contributed by atoms with Gasteiger partial charge in [-0.1, -0.05) is 41.0 Å². The van der Waals surface area contributed by atoms with Gasteiger partial charge < -0.3 is 9.53 Å². The predicted molar refractivity (Wildman–Crippen MR) is 69.2 cm³/mol. The maximum absolute atomic E-state index is 11.2. The molecule has 96 valence electrons. The minimum absolute atomic E-state index is 0.0498. The molecule has 0 spiro atoms. The van der Waals surface area contributed by atoms with Crippen LogP contribution in [0.1, 0.15) is 41.0 Å². The van der Waals surface area contributed by atoms with Crippen molar-refractivity contribution in [3.8, 4) is 0 Å². The van der Waals surface area contributed by atoms with Crippen molar-refractivity contribution >= 4 is 14.3 Å². The second-order valence-corrected chi connectivity index (χ2v) is 10.8. The van der Waals surface area contributed by atoms with Crippen LogP contribution in [-0.4, -0.2) is 25.5 Å². The van der Waals surface area contributed by atoms with Gasteiger partial charge in [0.2, 0.25) is 0 Å². The Morgan fingerprint density at radius 1 is 1.38 bits per heavy atom. The van der Waals surface area contributed by atoms with E-state index in [4.69, 9.17) is 4.43 Å². The van der Waals surface area contributed by atoms with Crippen molar-refractivity contribution in [2.45, 2.75) is 65.3 Å². The Labute approximate surface area is 100 Å². The number of aliphatic carboxylic acids is 1. The molecule has 0 aromatic carbocycles. The van der Waals surface area contributed by atoms with E-state index in [0.717, 1.165) is 6.42 Å². The van der Waals surface area contributed by atoms with Crippen LogP contribution in [0.4, 0.5) is 0 Å². The first-order chi connectivity index (χ1) is 7.03. The van der Waals surface area contributed by atoms with Crippen LogP contribution in [-0.2, 0) is 9.22 Å². The van der Waals surface area contributed by atoms with Gasteiger partial charge in [0.05, 0.1) is 0 Å². The zero-order valence-electron chi connectivity index (χ0n) is 11.6. The number of hydrogen-bond donors (Lipinski definition) is 1. The van der Waals surface area contributed by atoms with Gasteiger partial charge in [-0.05, 0) is 24.1 Å². The van der Waals surface area contributed by atoms with E-state index in [1.165, 1.54) is 0 Å². The molecule has 0 fully saturated rings. The predicted octanol–water partition coefficient (Wildman–Crippen LogP) is 3.51. The van der Waals surface area contributed by atoms with Gasteiger partial charge in [0.15, 0.2) is 8.32 Å². The second kappa shape index (κ2) is 5.32. The summed E-state index contributed by atoms with van der Waals surface area (Å²) in [5.74, 6) is -0.772. The smallest absolute Gasteiger partial charge is 0.331 e. The first kappa shape index (κ1) is 15.6. The maximum atomic E-state index is 11.2. The summed E-state index contributed by atoms with van der Waals surface area (Å²) < 4.78 is 5.96. The maximum Gasteiger partial charge on any atom is 0.331 e. The molecule has 0 unspecified atom stereocenters. The lowest BCUT2D eigenvalue weighted by Crippen LogP contribution is -2.48. The zero-order valence-corrected chi connectivity index (χ0v) is 12.6. The van der Waals surface area contributed by atoms with Crippen molar-refractivity contribution in [3.63, 3.8) is 0 Å². The number of carbonyl (C=O) groups is 1. The molecule has 0 heterocycles. The Kier molecular flexibility index (Phi) is 5.20. The van der Waals surface area contributed by atoms with Gasteiger partial charge in [0, 0.05) is 0 Å². The SMILES string of the molecule is CC[C@H](C)[C@H](O[Si](C)(C)C(C)(C)C)C(=O)O. The highest BCUT2D eigenvalue weighted by molar-refractivity contribution is 6.74. The highest BCUT2D eigenvalue weighted by Gasteiger charge is 2.41. The normalized spacial score (nSPS) is 16.9. The summed E-state index contributed by atoms with van der Waals surface area (Å²) >= 11 is 0. The Morgan fingerprint density at radius 3 is 2.06 bits per heavy atom. The molecule has 0 saturated heterocycles. The van der Waals surface area contributed by atoms with Gasteiger partial charge in [-0.2, -0.15) is 0 Å². The molecular weight excluding hydrogens is 220 g/mol. The van der Waals surface area contributed by atoms with E-state index >= 15 is 0 Å². The van der Waals surface area contributed by atoms with E-state index < -0.39 is 20.4 Å². The monoisotopic (exact) mass is 246 g/mol. The number of hydrogen-bond acceptors (Lipinski definition) is 2. The van der Waals surface area contributed by atoms with Gasteiger partial charge in [-0.3, -0.25) is 0 Å². The average Bonchev–Trinajstić information content (AvgIpc) is 2.10. The molecule has 1 N–H and O–H groups in total. The molecule has 2 atom stereocenters. The number of rotatable bonds is 5. The fourth-order valence-electron chi connectivity index (χ4n) is 1.12. The molecule has 0 radical (unpaired) electrons. The molecule has 16 heavy (non-hydrogen) atoms. The fourth-order valence-corrected chi connectivity index (χ4v) is 2.44. The van der Waals surface area contributed by atoms with Gasteiger partial charge in [-0.25, -0.2) is 4.79 Å². The Bertz CT molecular complexity index is 243. The average molecular weight is 246 g/mol. The minimum atomic E-state index is -1.99. The van der Waals surface area contributed by atoms with Crippen LogP contribution in [0.3, 0.4) is 0 Å². The van der Waals surface area contributed by atoms with Gasteiger partial charge in [-0.15, -0.1) is 0 Å². The van der Waals surface area contributed by atoms with E-state index in [9.17, 15) is 9.90 Å². The molecule has 0 aliphatic carbocycles. The largest absolute Gasteiger partial charge is 0.479 e. The van der Waals surface area contributed by atoms with E-state index in [0.29, 0.717) is 0 Å². The second-order valence-electron chi connectivity index (χ2n) is 6.02. The summed E-state index contributed by atoms with van der Waals surface area (Å²) in [6.45, 7) is 14.5. The fraction of sp³-hybridized carbons (Fsp3) is 0.917. The molecular formula is C12H26O3Si. The zero-order chi connectivity index (χ0) is 13.1. The van der Waals surface area contributed by atoms with E-state index in [-0.39, 0.29) is 11.0 Å².